The molecule has 19 heavy (non-hydrogen) atoms. The van der Waals surface area contributed by atoms with E-state index in [0.717, 1.165) is 0 Å². The van der Waals surface area contributed by atoms with Crippen molar-refractivity contribution < 1.29 is 10.2 Å². The molecule has 1 heterocycles. The number of hydrogen-bond acceptors (Lipinski definition) is 5. The lowest BCUT2D eigenvalue weighted by atomic mass is 10.0. The maximum Gasteiger partial charge on any atom is 0.258 e. The van der Waals surface area contributed by atoms with E-state index in [4.69, 9.17) is 0 Å². The molecule has 102 valence electrons. The zero-order valence-electron chi connectivity index (χ0n) is 10.5. The van der Waals surface area contributed by atoms with E-state index in [0.29, 0.717) is 34.5 Å². The molecule has 2 unspecified atom stereocenters. The molecule has 0 amide bonds. The topological polar surface area (TPSA) is 86.2 Å². The van der Waals surface area contributed by atoms with Crippen molar-refractivity contribution in [1.82, 2.24) is 9.97 Å². The highest BCUT2D eigenvalue weighted by Gasteiger charge is 2.18. The van der Waals surface area contributed by atoms with Gasteiger partial charge in [-0.25, -0.2) is 4.98 Å². The summed E-state index contributed by atoms with van der Waals surface area (Å²) in [5.74, 6) is 1.02. The van der Waals surface area contributed by atoms with Gasteiger partial charge < -0.3 is 15.2 Å². The first-order valence-corrected chi connectivity index (χ1v) is 6.63. The van der Waals surface area contributed by atoms with Gasteiger partial charge >= 0.3 is 0 Å². The quantitative estimate of drug-likeness (QED) is 0.628. The lowest BCUT2D eigenvalue weighted by molar-refractivity contribution is 0.0173. The van der Waals surface area contributed by atoms with Crippen molar-refractivity contribution in [1.29, 1.82) is 0 Å². The van der Waals surface area contributed by atoms with Crippen LogP contribution in [0.1, 0.15) is 23.9 Å². The summed E-state index contributed by atoms with van der Waals surface area (Å²) in [6, 6.07) is 4.90. The Bertz CT molecular complexity index is 641. The van der Waals surface area contributed by atoms with E-state index in [9.17, 15) is 15.0 Å². The number of hydrogen-bond donors (Lipinski definition) is 4. The zero-order valence-corrected chi connectivity index (χ0v) is 11.4. The Labute approximate surface area is 115 Å². The average Bonchev–Trinajstić information content (AvgIpc) is 2.37. The molecule has 1 aromatic heterocycles. The number of thiol groups is 1. The first kappa shape index (κ1) is 14.0. The van der Waals surface area contributed by atoms with Crippen LogP contribution in [0.2, 0.25) is 0 Å². The minimum absolute atomic E-state index is 0.250. The number of aryl methyl sites for hydroxylation is 1. The molecule has 0 fully saturated rings. The van der Waals surface area contributed by atoms with Crippen LogP contribution in [-0.2, 0) is 0 Å². The Morgan fingerprint density at radius 3 is 2.84 bits per heavy atom. The van der Waals surface area contributed by atoms with E-state index in [-0.39, 0.29) is 5.56 Å². The van der Waals surface area contributed by atoms with Gasteiger partial charge in [-0.05, 0) is 36.8 Å². The van der Waals surface area contributed by atoms with E-state index >= 15 is 0 Å². The van der Waals surface area contributed by atoms with Crippen molar-refractivity contribution in [2.24, 2.45) is 0 Å². The number of benzene rings is 1. The molecule has 0 aliphatic carbocycles. The molecular formula is C13H16N2O3S. The molecule has 1 aromatic carbocycles. The van der Waals surface area contributed by atoms with Gasteiger partial charge in [-0.15, -0.1) is 0 Å². The van der Waals surface area contributed by atoms with Gasteiger partial charge in [0.1, 0.15) is 11.9 Å². The van der Waals surface area contributed by atoms with Crippen LogP contribution in [-0.4, -0.2) is 32.0 Å². The number of H-pyrrole nitrogens is 1. The molecule has 5 nitrogen and oxygen atoms in total. The summed E-state index contributed by atoms with van der Waals surface area (Å²) in [6.07, 6.45) is -1.55. The van der Waals surface area contributed by atoms with Gasteiger partial charge in [0.05, 0.1) is 17.0 Å². The predicted octanol–water partition coefficient (Wildman–Crippen LogP) is 0.946. The maximum atomic E-state index is 11.8. The SMILES string of the molecule is Cc1nc2ccc(C(O)C(O)CCS)cc2c(=O)[nH]1. The molecular weight excluding hydrogens is 264 g/mol. The third-order valence-electron chi connectivity index (χ3n) is 2.98. The van der Waals surface area contributed by atoms with E-state index in [1.807, 2.05) is 0 Å². The maximum absolute atomic E-state index is 11.8. The highest BCUT2D eigenvalue weighted by Crippen LogP contribution is 2.21. The second-order valence-electron chi connectivity index (χ2n) is 4.45. The Balaban J connectivity index is 2.44. The van der Waals surface area contributed by atoms with Gasteiger partial charge in [0, 0.05) is 0 Å². The molecule has 0 aliphatic heterocycles. The van der Waals surface area contributed by atoms with Crippen LogP contribution in [0, 0.1) is 6.92 Å². The summed E-state index contributed by atoms with van der Waals surface area (Å²) < 4.78 is 0. The van der Waals surface area contributed by atoms with Crippen molar-refractivity contribution in [3.63, 3.8) is 0 Å². The van der Waals surface area contributed by atoms with Crippen LogP contribution < -0.4 is 5.56 Å². The molecule has 2 atom stereocenters. The van der Waals surface area contributed by atoms with Gasteiger partial charge in [0.2, 0.25) is 0 Å². The Hall–Kier alpha value is -1.37. The number of aromatic nitrogens is 2. The summed E-state index contributed by atoms with van der Waals surface area (Å²) in [7, 11) is 0. The van der Waals surface area contributed by atoms with E-state index in [1.165, 1.54) is 0 Å². The van der Waals surface area contributed by atoms with Crippen LogP contribution in [0.4, 0.5) is 0 Å². The lowest BCUT2D eigenvalue weighted by Crippen LogP contribution is -2.19. The number of fused-ring (bicyclic) bond motifs is 1. The fourth-order valence-electron chi connectivity index (χ4n) is 1.97. The molecule has 2 rings (SSSR count). The van der Waals surface area contributed by atoms with Crippen LogP contribution >= 0.6 is 12.6 Å². The average molecular weight is 280 g/mol. The first-order valence-electron chi connectivity index (χ1n) is 6.00. The second kappa shape index (κ2) is 5.73. The molecule has 0 radical (unpaired) electrons. The fourth-order valence-corrected chi connectivity index (χ4v) is 2.23. The van der Waals surface area contributed by atoms with E-state index in [2.05, 4.69) is 22.6 Å². The highest BCUT2D eigenvalue weighted by atomic mass is 32.1. The molecule has 0 bridgehead atoms. The zero-order chi connectivity index (χ0) is 14.0. The molecule has 0 saturated carbocycles. The predicted molar refractivity (Wildman–Crippen MR) is 76.5 cm³/mol. The Kier molecular flexibility index (Phi) is 4.24. The molecule has 0 saturated heterocycles. The van der Waals surface area contributed by atoms with Gasteiger partial charge in [0.25, 0.3) is 5.56 Å². The smallest absolute Gasteiger partial charge is 0.258 e. The Morgan fingerprint density at radius 2 is 2.16 bits per heavy atom. The number of rotatable bonds is 4. The third-order valence-corrected chi connectivity index (χ3v) is 3.24. The largest absolute Gasteiger partial charge is 0.390 e. The molecule has 3 N–H and O–H groups in total. The minimum atomic E-state index is -1.03. The van der Waals surface area contributed by atoms with Crippen molar-refractivity contribution in [3.05, 3.63) is 39.9 Å². The van der Waals surface area contributed by atoms with Gasteiger partial charge in [-0.3, -0.25) is 4.79 Å². The monoisotopic (exact) mass is 280 g/mol. The van der Waals surface area contributed by atoms with Crippen molar-refractivity contribution in [2.75, 3.05) is 5.75 Å². The first-order chi connectivity index (χ1) is 9.02. The van der Waals surface area contributed by atoms with E-state index < -0.39 is 12.2 Å². The summed E-state index contributed by atoms with van der Waals surface area (Å²) >= 11 is 4.02. The second-order valence-corrected chi connectivity index (χ2v) is 4.90. The highest BCUT2D eigenvalue weighted by molar-refractivity contribution is 7.80. The summed E-state index contributed by atoms with van der Waals surface area (Å²) in [6.45, 7) is 1.71. The van der Waals surface area contributed by atoms with Gasteiger partial charge in [-0.1, -0.05) is 6.07 Å². The number of aliphatic hydroxyl groups is 2. The Morgan fingerprint density at radius 1 is 1.42 bits per heavy atom. The summed E-state index contributed by atoms with van der Waals surface area (Å²) in [4.78, 5) is 18.6. The summed E-state index contributed by atoms with van der Waals surface area (Å²) in [5, 5.41) is 20.2. The lowest BCUT2D eigenvalue weighted by Gasteiger charge is -2.17. The normalized spacial score (nSPS) is 14.5. The molecule has 2 aromatic rings. The van der Waals surface area contributed by atoms with Crippen LogP contribution in [0.25, 0.3) is 10.9 Å². The molecule has 6 heteroatoms. The van der Waals surface area contributed by atoms with Crippen molar-refractivity contribution >= 4 is 23.5 Å². The number of aliphatic hydroxyl groups excluding tert-OH is 2. The minimum Gasteiger partial charge on any atom is -0.390 e. The van der Waals surface area contributed by atoms with Gasteiger partial charge in [0.15, 0.2) is 0 Å². The van der Waals surface area contributed by atoms with Gasteiger partial charge in [-0.2, -0.15) is 12.6 Å². The summed E-state index contributed by atoms with van der Waals surface area (Å²) in [5.41, 5.74) is 0.819. The standard InChI is InChI=1S/C13H16N2O3S/c1-7-14-10-3-2-8(6-9(10)13(18)15-7)12(17)11(16)4-5-19/h2-3,6,11-12,16-17,19H,4-5H2,1H3,(H,14,15,18). The molecule has 0 aliphatic rings. The molecule has 0 spiro atoms. The van der Waals surface area contributed by atoms with Crippen LogP contribution in [0.15, 0.2) is 23.0 Å². The van der Waals surface area contributed by atoms with Crippen molar-refractivity contribution in [2.45, 2.75) is 25.6 Å². The van der Waals surface area contributed by atoms with Crippen LogP contribution in [0.3, 0.4) is 0 Å². The van der Waals surface area contributed by atoms with Crippen LogP contribution in [0.5, 0.6) is 0 Å². The van der Waals surface area contributed by atoms with E-state index in [1.54, 1.807) is 25.1 Å². The fraction of sp³-hybridized carbons (Fsp3) is 0.385. The van der Waals surface area contributed by atoms with Crippen molar-refractivity contribution in [3.8, 4) is 0 Å². The number of nitrogens with zero attached hydrogens (tertiary/aromatic N) is 1. The number of nitrogens with one attached hydrogen (secondary N) is 1. The third kappa shape index (κ3) is 2.97. The number of aromatic amines is 1.